The average Bonchev–Trinajstić information content (AvgIpc) is 2.69. The first-order valence-electron chi connectivity index (χ1n) is 8.12. The smallest absolute Gasteiger partial charge is 0.303 e. The predicted molar refractivity (Wildman–Crippen MR) is 83.0 cm³/mol. The Morgan fingerprint density at radius 3 is 2.24 bits per heavy atom. The fourth-order valence-electron chi connectivity index (χ4n) is 5.01. The summed E-state index contributed by atoms with van der Waals surface area (Å²) in [5.41, 5.74) is 9.08. The molecule has 21 heavy (non-hydrogen) atoms. The van der Waals surface area contributed by atoms with Crippen LogP contribution >= 0.6 is 0 Å². The third kappa shape index (κ3) is 2.28. The lowest BCUT2D eigenvalue weighted by atomic mass is 9.63. The number of hydrogen-bond donors (Lipinski definition) is 2. The number of benzene rings is 1. The summed E-state index contributed by atoms with van der Waals surface area (Å²) in [5.74, 6) is 0.135. The molecule has 1 aromatic rings. The molecule has 0 aliphatic heterocycles. The number of carbonyl (C=O) groups is 1. The third-order valence-electron chi connectivity index (χ3n) is 6.02. The standard InChI is InChI=1S/C18H25NO2/c1-2-16(19)18(11-17(20)21)14-7-8-15(18)10-13-6-4-3-5-12(13)9-14/h3-6,14-16H,2,7-11,19H2,1H3,(H,20,21). The topological polar surface area (TPSA) is 63.3 Å². The molecule has 2 bridgehead atoms. The number of fused-ring (bicyclic) bond motifs is 3. The van der Waals surface area contributed by atoms with Gasteiger partial charge in [-0.2, -0.15) is 0 Å². The van der Waals surface area contributed by atoms with Crippen molar-refractivity contribution in [2.24, 2.45) is 23.0 Å². The molecular formula is C18H25NO2. The van der Waals surface area contributed by atoms with Crippen LogP contribution in [0.25, 0.3) is 0 Å². The van der Waals surface area contributed by atoms with Crippen molar-refractivity contribution >= 4 is 5.97 Å². The van der Waals surface area contributed by atoms with Crippen molar-refractivity contribution in [1.29, 1.82) is 0 Å². The zero-order chi connectivity index (χ0) is 15.0. The highest BCUT2D eigenvalue weighted by Gasteiger charge is 2.55. The van der Waals surface area contributed by atoms with Gasteiger partial charge in [-0.25, -0.2) is 0 Å². The van der Waals surface area contributed by atoms with Crippen molar-refractivity contribution in [3.8, 4) is 0 Å². The van der Waals surface area contributed by atoms with E-state index in [1.807, 2.05) is 0 Å². The first-order valence-corrected chi connectivity index (χ1v) is 8.12. The van der Waals surface area contributed by atoms with Gasteiger partial charge in [0.2, 0.25) is 0 Å². The lowest BCUT2D eigenvalue weighted by Gasteiger charge is -2.43. The molecule has 0 amide bonds. The van der Waals surface area contributed by atoms with Gasteiger partial charge in [0.05, 0.1) is 6.42 Å². The second-order valence-electron chi connectivity index (χ2n) is 6.85. The van der Waals surface area contributed by atoms with Crippen molar-refractivity contribution in [2.45, 2.75) is 51.5 Å². The van der Waals surface area contributed by atoms with E-state index in [9.17, 15) is 9.90 Å². The van der Waals surface area contributed by atoms with Crippen molar-refractivity contribution < 1.29 is 9.90 Å². The van der Waals surface area contributed by atoms with Crippen LogP contribution < -0.4 is 5.73 Å². The van der Waals surface area contributed by atoms with Crippen LogP contribution in [-0.4, -0.2) is 17.1 Å². The van der Waals surface area contributed by atoms with Gasteiger partial charge in [0.15, 0.2) is 0 Å². The van der Waals surface area contributed by atoms with Crippen molar-refractivity contribution in [2.75, 3.05) is 0 Å². The third-order valence-corrected chi connectivity index (χ3v) is 6.02. The van der Waals surface area contributed by atoms with Gasteiger partial charge in [0, 0.05) is 11.5 Å². The summed E-state index contributed by atoms with van der Waals surface area (Å²) in [6, 6.07) is 8.59. The molecule has 114 valence electrons. The van der Waals surface area contributed by atoms with Gasteiger partial charge in [-0.15, -0.1) is 0 Å². The summed E-state index contributed by atoms with van der Waals surface area (Å²) in [7, 11) is 0. The molecule has 1 saturated carbocycles. The number of carboxylic acid groups (broad SMARTS) is 1. The lowest BCUT2D eigenvalue weighted by molar-refractivity contribution is -0.142. The zero-order valence-corrected chi connectivity index (χ0v) is 12.7. The zero-order valence-electron chi connectivity index (χ0n) is 12.7. The van der Waals surface area contributed by atoms with E-state index in [2.05, 4.69) is 31.2 Å². The Morgan fingerprint density at radius 2 is 1.81 bits per heavy atom. The van der Waals surface area contributed by atoms with E-state index in [0.29, 0.717) is 11.8 Å². The highest BCUT2D eigenvalue weighted by atomic mass is 16.4. The maximum Gasteiger partial charge on any atom is 0.303 e. The molecule has 3 nitrogen and oxygen atoms in total. The van der Waals surface area contributed by atoms with Crippen LogP contribution in [0.5, 0.6) is 0 Å². The molecule has 3 heteroatoms. The van der Waals surface area contributed by atoms with E-state index in [-0.39, 0.29) is 17.9 Å². The van der Waals surface area contributed by atoms with E-state index >= 15 is 0 Å². The molecule has 0 saturated heterocycles. The van der Waals surface area contributed by atoms with Gasteiger partial charge in [0.1, 0.15) is 0 Å². The summed E-state index contributed by atoms with van der Waals surface area (Å²) in [5, 5.41) is 9.49. The first kappa shape index (κ1) is 14.6. The first-order chi connectivity index (χ1) is 10.1. The van der Waals surface area contributed by atoms with Gasteiger partial charge in [0.25, 0.3) is 0 Å². The second-order valence-corrected chi connectivity index (χ2v) is 6.85. The van der Waals surface area contributed by atoms with E-state index in [1.165, 1.54) is 11.1 Å². The Morgan fingerprint density at radius 1 is 1.29 bits per heavy atom. The molecule has 3 unspecified atom stereocenters. The molecule has 3 atom stereocenters. The normalized spacial score (nSPS) is 32.3. The van der Waals surface area contributed by atoms with E-state index < -0.39 is 5.97 Å². The molecule has 2 aliphatic carbocycles. The summed E-state index contributed by atoms with van der Waals surface area (Å²) < 4.78 is 0. The van der Waals surface area contributed by atoms with Gasteiger partial charge >= 0.3 is 5.97 Å². The molecule has 0 aromatic heterocycles. The molecule has 2 aliphatic rings. The van der Waals surface area contributed by atoms with Crippen molar-refractivity contribution in [3.63, 3.8) is 0 Å². The fraction of sp³-hybridized carbons (Fsp3) is 0.611. The molecule has 0 spiro atoms. The SMILES string of the molecule is CCC(N)C1(CC(=O)O)C2CCC1Cc1ccccc1C2. The average molecular weight is 287 g/mol. The number of aliphatic carboxylic acids is 1. The van der Waals surface area contributed by atoms with E-state index in [4.69, 9.17) is 5.73 Å². The van der Waals surface area contributed by atoms with Gasteiger partial charge in [-0.05, 0) is 55.1 Å². The largest absolute Gasteiger partial charge is 0.481 e. The maximum atomic E-state index is 11.5. The number of hydrogen-bond acceptors (Lipinski definition) is 2. The molecule has 1 fully saturated rings. The Bertz CT molecular complexity index is 507. The van der Waals surface area contributed by atoms with Crippen LogP contribution in [-0.2, 0) is 17.6 Å². The highest BCUT2D eigenvalue weighted by Crippen LogP contribution is 2.57. The summed E-state index contributed by atoms with van der Waals surface area (Å²) in [6.45, 7) is 2.09. The minimum absolute atomic E-state index is 0.0135. The van der Waals surface area contributed by atoms with Crippen LogP contribution in [0.15, 0.2) is 24.3 Å². The Kier molecular flexibility index (Phi) is 3.78. The number of rotatable bonds is 4. The van der Waals surface area contributed by atoms with Crippen LogP contribution in [0, 0.1) is 17.3 Å². The fourth-order valence-corrected chi connectivity index (χ4v) is 5.01. The highest BCUT2D eigenvalue weighted by molar-refractivity contribution is 5.68. The Labute approximate surface area is 126 Å². The van der Waals surface area contributed by atoms with E-state index in [0.717, 1.165) is 32.1 Å². The molecular weight excluding hydrogens is 262 g/mol. The van der Waals surface area contributed by atoms with Crippen LogP contribution in [0.2, 0.25) is 0 Å². The molecule has 3 rings (SSSR count). The molecule has 1 aromatic carbocycles. The second kappa shape index (κ2) is 5.45. The molecule has 0 radical (unpaired) electrons. The summed E-state index contributed by atoms with van der Waals surface area (Å²) >= 11 is 0. The van der Waals surface area contributed by atoms with Crippen molar-refractivity contribution in [3.05, 3.63) is 35.4 Å². The molecule has 0 heterocycles. The predicted octanol–water partition coefficient (Wildman–Crippen LogP) is 3.01. The van der Waals surface area contributed by atoms with Gasteiger partial charge in [-0.1, -0.05) is 31.2 Å². The quantitative estimate of drug-likeness (QED) is 0.894. The monoisotopic (exact) mass is 287 g/mol. The number of nitrogens with two attached hydrogens (primary N) is 1. The van der Waals surface area contributed by atoms with Crippen LogP contribution in [0.3, 0.4) is 0 Å². The molecule has 3 N–H and O–H groups in total. The maximum absolute atomic E-state index is 11.5. The minimum atomic E-state index is -0.693. The number of carboxylic acids is 1. The summed E-state index contributed by atoms with van der Waals surface area (Å²) in [6.07, 6.45) is 5.32. The Hall–Kier alpha value is -1.35. The van der Waals surface area contributed by atoms with Crippen LogP contribution in [0.1, 0.15) is 43.7 Å². The lowest BCUT2D eigenvalue weighted by Crippen LogP contribution is -2.49. The van der Waals surface area contributed by atoms with Crippen LogP contribution in [0.4, 0.5) is 0 Å². The van der Waals surface area contributed by atoms with Gasteiger partial charge < -0.3 is 10.8 Å². The van der Waals surface area contributed by atoms with Crippen molar-refractivity contribution in [1.82, 2.24) is 0 Å². The summed E-state index contributed by atoms with van der Waals surface area (Å²) in [4.78, 5) is 11.5. The minimum Gasteiger partial charge on any atom is -0.481 e. The Balaban J connectivity index is 2.04. The van der Waals surface area contributed by atoms with Gasteiger partial charge in [-0.3, -0.25) is 4.79 Å². The van der Waals surface area contributed by atoms with E-state index in [1.54, 1.807) is 0 Å².